The third kappa shape index (κ3) is 2.92. The van der Waals surface area contributed by atoms with E-state index in [1.165, 1.54) is 29.4 Å². The molecule has 2 heterocycles. The summed E-state index contributed by atoms with van der Waals surface area (Å²) in [7, 11) is 0. The summed E-state index contributed by atoms with van der Waals surface area (Å²) in [5.41, 5.74) is 0.198. The number of halogens is 2. The Morgan fingerprint density at radius 1 is 1.35 bits per heavy atom. The quantitative estimate of drug-likeness (QED) is 0.568. The number of benzene rings is 1. The lowest BCUT2D eigenvalue weighted by molar-refractivity contribution is -0.121. The number of carbonyl (C=O) groups is 1. The van der Waals surface area contributed by atoms with Crippen LogP contribution in [-0.4, -0.2) is 21.7 Å². The van der Waals surface area contributed by atoms with E-state index in [0.29, 0.717) is 20.8 Å². The van der Waals surface area contributed by atoms with Crippen molar-refractivity contribution >= 4 is 74.5 Å². The van der Waals surface area contributed by atoms with Crippen molar-refractivity contribution in [2.75, 3.05) is 6.54 Å². The fraction of sp³-hybridized carbons (Fsp3) is 0.133. The lowest BCUT2D eigenvalue weighted by Gasteiger charge is -2.09. The Labute approximate surface area is 151 Å². The monoisotopic (exact) mass is 385 g/mol. The molecule has 1 aromatic carbocycles. The van der Waals surface area contributed by atoms with Gasteiger partial charge in [-0.15, -0.1) is 0 Å². The first-order valence-electron chi connectivity index (χ1n) is 6.58. The van der Waals surface area contributed by atoms with Crippen LogP contribution in [0, 0.1) is 0 Å². The predicted molar refractivity (Wildman–Crippen MR) is 98.1 cm³/mol. The van der Waals surface area contributed by atoms with Crippen molar-refractivity contribution in [2.24, 2.45) is 0 Å². The highest BCUT2D eigenvalue weighted by Gasteiger charge is 2.30. The maximum Gasteiger partial charge on any atom is 0.266 e. The van der Waals surface area contributed by atoms with Gasteiger partial charge in [0.15, 0.2) is 11.0 Å². The number of hydrogen-bond acceptors (Lipinski definition) is 5. The van der Waals surface area contributed by atoms with Crippen molar-refractivity contribution in [3.63, 3.8) is 0 Å². The highest BCUT2D eigenvalue weighted by Crippen LogP contribution is 2.32. The highest BCUT2D eigenvalue weighted by atomic mass is 35.5. The molecule has 23 heavy (non-hydrogen) atoms. The van der Waals surface area contributed by atoms with E-state index in [-0.39, 0.29) is 32.9 Å². The lowest BCUT2D eigenvalue weighted by atomic mass is 10.1. The third-order valence-electron chi connectivity index (χ3n) is 3.30. The summed E-state index contributed by atoms with van der Waals surface area (Å²) in [6, 6.07) is 2.99. The van der Waals surface area contributed by atoms with Crippen molar-refractivity contribution in [1.82, 2.24) is 4.90 Å². The largest absolute Gasteiger partial charge is 0.462 e. The summed E-state index contributed by atoms with van der Waals surface area (Å²) >= 11 is 18.3. The highest BCUT2D eigenvalue weighted by molar-refractivity contribution is 8.26. The first-order valence-corrected chi connectivity index (χ1v) is 8.56. The van der Waals surface area contributed by atoms with Crippen molar-refractivity contribution in [3.8, 4) is 0 Å². The molecule has 0 aliphatic carbocycles. The Morgan fingerprint density at radius 3 is 2.74 bits per heavy atom. The van der Waals surface area contributed by atoms with Crippen molar-refractivity contribution in [2.45, 2.75) is 6.92 Å². The normalized spacial score (nSPS) is 16.8. The lowest BCUT2D eigenvalue weighted by Crippen LogP contribution is -2.27. The number of rotatable bonds is 2. The summed E-state index contributed by atoms with van der Waals surface area (Å²) in [4.78, 5) is 26.6. The summed E-state index contributed by atoms with van der Waals surface area (Å²) in [6.07, 6.45) is 2.76. The van der Waals surface area contributed by atoms with Crippen molar-refractivity contribution in [1.29, 1.82) is 0 Å². The molecule has 0 N–H and O–H groups in total. The maximum absolute atomic E-state index is 12.6. The van der Waals surface area contributed by atoms with Gasteiger partial charge in [-0.1, -0.05) is 47.2 Å². The Morgan fingerprint density at radius 2 is 2.09 bits per heavy atom. The minimum atomic E-state index is -0.308. The van der Waals surface area contributed by atoms with E-state index in [9.17, 15) is 9.59 Å². The molecule has 0 saturated carbocycles. The minimum absolute atomic E-state index is 0.217. The molecule has 118 valence electrons. The van der Waals surface area contributed by atoms with E-state index in [2.05, 4.69) is 0 Å². The molecule has 1 aliphatic heterocycles. The fourth-order valence-corrected chi connectivity index (χ4v) is 4.11. The molecular weight excluding hydrogens is 377 g/mol. The molecule has 0 bridgehead atoms. The van der Waals surface area contributed by atoms with Crippen LogP contribution in [0.1, 0.15) is 12.5 Å². The first kappa shape index (κ1) is 16.5. The van der Waals surface area contributed by atoms with E-state index in [1.54, 1.807) is 0 Å². The first-order chi connectivity index (χ1) is 10.9. The fourth-order valence-electron chi connectivity index (χ4n) is 2.19. The van der Waals surface area contributed by atoms with Crippen LogP contribution >= 0.6 is 47.2 Å². The molecule has 0 spiro atoms. The van der Waals surface area contributed by atoms with Gasteiger partial charge in [0.1, 0.15) is 10.6 Å². The van der Waals surface area contributed by atoms with E-state index in [1.807, 2.05) is 6.92 Å². The van der Waals surface area contributed by atoms with E-state index >= 15 is 0 Å². The maximum atomic E-state index is 12.6. The number of hydrogen-bond donors (Lipinski definition) is 0. The van der Waals surface area contributed by atoms with Crippen LogP contribution in [0.3, 0.4) is 0 Å². The summed E-state index contributed by atoms with van der Waals surface area (Å²) < 4.78 is 5.90. The van der Waals surface area contributed by atoms with E-state index in [0.717, 1.165) is 11.8 Å². The molecule has 8 heteroatoms. The third-order valence-corrected chi connectivity index (χ3v) is 5.17. The number of nitrogens with zero attached hydrogens (tertiary/aromatic N) is 1. The van der Waals surface area contributed by atoms with Gasteiger partial charge in [0.2, 0.25) is 0 Å². The van der Waals surface area contributed by atoms with Gasteiger partial charge in [-0.3, -0.25) is 14.5 Å². The van der Waals surface area contributed by atoms with Crippen molar-refractivity contribution in [3.05, 3.63) is 49.1 Å². The molecule has 0 radical (unpaired) electrons. The van der Waals surface area contributed by atoms with E-state index < -0.39 is 0 Å². The van der Waals surface area contributed by atoms with Gasteiger partial charge in [-0.2, -0.15) is 0 Å². The van der Waals surface area contributed by atoms with Crippen LogP contribution < -0.4 is 5.43 Å². The van der Waals surface area contributed by atoms with Crippen LogP contribution in [-0.2, 0) is 4.79 Å². The molecule has 4 nitrogen and oxygen atoms in total. The number of thioether (sulfide) groups is 1. The van der Waals surface area contributed by atoms with Gasteiger partial charge in [0, 0.05) is 11.6 Å². The van der Waals surface area contributed by atoms with Crippen LogP contribution in [0.15, 0.2) is 32.5 Å². The predicted octanol–water partition coefficient (Wildman–Crippen LogP) is 4.32. The summed E-state index contributed by atoms with van der Waals surface area (Å²) in [6.45, 7) is 2.32. The van der Waals surface area contributed by atoms with Gasteiger partial charge in [-0.25, -0.2) is 0 Å². The second-order valence-corrected chi connectivity index (χ2v) is 7.23. The van der Waals surface area contributed by atoms with Gasteiger partial charge in [0.05, 0.1) is 20.9 Å². The second kappa shape index (κ2) is 6.28. The smallest absolute Gasteiger partial charge is 0.266 e. The van der Waals surface area contributed by atoms with E-state index in [4.69, 9.17) is 39.8 Å². The molecule has 1 aromatic heterocycles. The average molecular weight is 386 g/mol. The number of fused-ring (bicyclic) bond motifs is 1. The Bertz CT molecular complexity index is 936. The molecule has 1 amide bonds. The van der Waals surface area contributed by atoms with Gasteiger partial charge in [0.25, 0.3) is 5.91 Å². The van der Waals surface area contributed by atoms with Gasteiger partial charge >= 0.3 is 0 Å². The molecule has 2 aromatic rings. The molecule has 3 rings (SSSR count). The minimum Gasteiger partial charge on any atom is -0.462 e. The zero-order valence-corrected chi connectivity index (χ0v) is 14.9. The van der Waals surface area contributed by atoms with Crippen LogP contribution in [0.4, 0.5) is 0 Å². The van der Waals surface area contributed by atoms with Gasteiger partial charge < -0.3 is 4.42 Å². The number of likely N-dealkylation sites (N-methyl/N-ethyl adjacent to an activating group) is 1. The number of amides is 1. The van der Waals surface area contributed by atoms with Crippen LogP contribution in [0.25, 0.3) is 17.0 Å². The molecule has 1 saturated heterocycles. The summed E-state index contributed by atoms with van der Waals surface area (Å²) in [5, 5.41) is 0.861. The number of thiocarbonyl (C=S) groups is 1. The van der Waals surface area contributed by atoms with Gasteiger partial charge in [-0.05, 0) is 25.1 Å². The van der Waals surface area contributed by atoms with Crippen LogP contribution in [0.2, 0.25) is 10.0 Å². The zero-order chi connectivity index (χ0) is 16.7. The molecule has 0 atom stereocenters. The summed E-state index contributed by atoms with van der Waals surface area (Å²) in [5.74, 6) is -0.217. The van der Waals surface area contributed by atoms with Crippen molar-refractivity contribution < 1.29 is 9.21 Å². The Balaban J connectivity index is 2.14. The number of carbonyl (C=O) groups excluding carboxylic acids is 1. The standard InChI is InChI=1S/C15H9Cl2NO3S2/c1-2-18-14(20)11(23-15(18)22)3-7-6-21-13-9(12(7)19)4-8(16)5-10(13)17/h3-6H,2H2,1H3/b11-3-. The SMILES string of the molecule is CCN1C(=O)/C(=C/c2coc3c(Cl)cc(Cl)cc3c2=O)SC1=S. The molecule has 1 aliphatic rings. The molecule has 0 unspecified atom stereocenters. The topological polar surface area (TPSA) is 50.5 Å². The van der Waals surface area contributed by atoms with Crippen LogP contribution in [0.5, 0.6) is 0 Å². The average Bonchev–Trinajstić information content (AvgIpc) is 2.76. The Kier molecular flexibility index (Phi) is 4.51. The Hall–Kier alpha value is -1.34. The zero-order valence-electron chi connectivity index (χ0n) is 11.8. The molecular formula is C15H9Cl2NO3S2. The second-order valence-electron chi connectivity index (χ2n) is 4.71. The molecule has 1 fully saturated rings.